The molecule has 5 heteroatoms. The molecule has 0 N–H and O–H groups in total. The Morgan fingerprint density at radius 1 is 0.679 bits per heavy atom. The van der Waals surface area contributed by atoms with Crippen LogP contribution < -0.4 is 4.40 Å². The molecule has 0 spiro atoms. The van der Waals surface area contributed by atoms with Crippen molar-refractivity contribution in [3.8, 4) is 44.8 Å². The summed E-state index contributed by atoms with van der Waals surface area (Å²) in [7, 11) is 0. The summed E-state index contributed by atoms with van der Waals surface area (Å²) in [6.45, 7) is 7.13. The van der Waals surface area contributed by atoms with Crippen molar-refractivity contribution in [1.82, 2.24) is 9.97 Å². The molecule has 0 aliphatic carbocycles. The van der Waals surface area contributed by atoms with Gasteiger partial charge >= 0.3 is 162 Å². The van der Waals surface area contributed by atoms with Crippen LogP contribution in [0.1, 0.15) is 68.6 Å². The largest absolute Gasteiger partial charge is 0.304 e. The number of aryl methyl sites for hydroxylation is 2. The summed E-state index contributed by atoms with van der Waals surface area (Å²) in [4.78, 5) is 9.28. The molecule has 0 aliphatic heterocycles. The molecular formula is C51H50GeIrN2S-2. The molecule has 8 aromatic rings. The van der Waals surface area contributed by atoms with E-state index in [2.05, 4.69) is 108 Å². The molecule has 0 saturated heterocycles. The number of benzene rings is 5. The number of fused-ring (bicyclic) bond motifs is 3. The van der Waals surface area contributed by atoms with Crippen LogP contribution in [-0.4, -0.2) is 23.2 Å². The molecule has 0 bridgehead atoms. The Morgan fingerprint density at radius 3 is 2.00 bits per heavy atom. The number of hydrogen-bond acceptors (Lipinski definition) is 3. The maximum atomic E-state index is 8.54. The molecule has 1 radical (unpaired) electrons. The summed E-state index contributed by atoms with van der Waals surface area (Å²) >= 11 is -0.227. The molecule has 2 nitrogen and oxygen atoms in total. The normalized spacial score (nSPS) is 13.4. The third kappa shape index (κ3) is 8.85. The molecule has 0 saturated carbocycles. The van der Waals surface area contributed by atoms with Gasteiger partial charge in [0.25, 0.3) is 0 Å². The van der Waals surface area contributed by atoms with Crippen molar-refractivity contribution in [2.24, 2.45) is 0 Å². The zero-order valence-corrected chi connectivity index (χ0v) is 38.6. The van der Waals surface area contributed by atoms with Gasteiger partial charge in [0.2, 0.25) is 0 Å². The fourth-order valence-corrected chi connectivity index (χ4v) is 12.0. The summed E-state index contributed by atoms with van der Waals surface area (Å²) in [5, 5.41) is 2.29. The number of pyridine rings is 2. The number of nitrogens with zero attached hydrogens (tertiary/aromatic N) is 2. The summed E-state index contributed by atoms with van der Waals surface area (Å²) in [6, 6.07) is 45.8. The minimum atomic E-state index is -2.32. The smallest absolute Gasteiger partial charge is 0.0346 e. The predicted octanol–water partition coefficient (Wildman–Crippen LogP) is 14.2. The molecule has 0 aliphatic rings. The van der Waals surface area contributed by atoms with Crippen molar-refractivity contribution in [2.45, 2.75) is 70.5 Å². The van der Waals surface area contributed by atoms with E-state index in [-0.39, 0.29) is 25.7 Å². The fourth-order valence-electron chi connectivity index (χ4n) is 7.15. The Balaban J connectivity index is 0.000000205. The summed E-state index contributed by atoms with van der Waals surface area (Å²) < 4.78 is 44.3. The minimum Gasteiger partial charge on any atom is -0.304 e. The van der Waals surface area contributed by atoms with Crippen LogP contribution in [0.15, 0.2) is 128 Å². The van der Waals surface area contributed by atoms with Gasteiger partial charge in [0, 0.05) is 36.5 Å². The van der Waals surface area contributed by atoms with E-state index in [0.717, 1.165) is 43.6 Å². The first-order valence-corrected chi connectivity index (χ1v) is 26.9. The average Bonchev–Trinajstić information content (AvgIpc) is 3.58. The Bertz CT molecular complexity index is 2820. The standard InChI is InChI=1S/C27H22NS.C24H28GeN.Ir/c1-17(2)24-15-25(28-16-18(24)3)23-11-7-10-22-21-13-12-20(14-26(21)29-27(22)23)19-8-5-4-6-9-19;1-17(2)21-13-12-20(15-22(21)19-10-8-7-9-11-19)24-14-18(3)23(16-26-24)25(4,5)6;/h4-10,12-17H,1-3H3;7-11,13-17H,1-6H3;/q2*-1;/i3D3,17D;17D;. The first kappa shape index (κ1) is 35.0. The first-order valence-electron chi connectivity index (χ1n) is 21.2. The summed E-state index contributed by atoms with van der Waals surface area (Å²) in [5.74, 6) is 5.44. The summed E-state index contributed by atoms with van der Waals surface area (Å²) in [6.07, 6.45) is 3.48. The van der Waals surface area contributed by atoms with Crippen LogP contribution in [0.25, 0.3) is 64.9 Å². The van der Waals surface area contributed by atoms with Gasteiger partial charge in [-0.3, -0.25) is 0 Å². The van der Waals surface area contributed by atoms with E-state index in [1.807, 2.05) is 62.4 Å². The third-order valence-corrected chi connectivity index (χ3v) is 15.7. The molecule has 3 aromatic heterocycles. The van der Waals surface area contributed by atoms with E-state index >= 15 is 0 Å². The first-order chi connectivity index (χ1) is 28.2. The van der Waals surface area contributed by atoms with E-state index in [0.29, 0.717) is 11.3 Å². The number of thiophene rings is 1. The average molecular weight is 993 g/mol. The Morgan fingerprint density at radius 2 is 1.36 bits per heavy atom. The topological polar surface area (TPSA) is 25.8 Å². The SMILES string of the molecule is [2H]C(C)(C)c1c[c-]c(-c2cc(C)[c]([Ge]([CH3])([CH3])[CH3])cn2)cc1-c1ccccc1.[2H]C([2H])([2H])c1cnc(-c2[c-]ccc3c2sc2cc(-c4ccccc4)ccc23)cc1C([2H])(C)C.[Ir]. The summed E-state index contributed by atoms with van der Waals surface area (Å²) in [5.41, 5.74) is 10.9. The van der Waals surface area contributed by atoms with Gasteiger partial charge < -0.3 is 4.98 Å². The molecule has 0 atom stereocenters. The van der Waals surface area contributed by atoms with Gasteiger partial charge in [0.05, 0.1) is 0 Å². The van der Waals surface area contributed by atoms with Crippen LogP contribution in [0.2, 0.25) is 17.3 Å². The van der Waals surface area contributed by atoms with Crippen molar-refractivity contribution in [2.75, 3.05) is 0 Å². The number of rotatable bonds is 7. The van der Waals surface area contributed by atoms with Crippen LogP contribution in [0.5, 0.6) is 0 Å². The Kier molecular flexibility index (Phi) is 11.0. The van der Waals surface area contributed by atoms with Gasteiger partial charge in [0.1, 0.15) is 0 Å². The van der Waals surface area contributed by atoms with Crippen LogP contribution >= 0.6 is 11.3 Å². The zero-order chi connectivity index (χ0) is 43.2. The quantitative estimate of drug-likeness (QED) is 0.117. The van der Waals surface area contributed by atoms with Gasteiger partial charge in [-0.15, -0.1) is 23.8 Å². The maximum absolute atomic E-state index is 8.54. The molecule has 285 valence electrons. The Hall–Kier alpha value is -4.19. The van der Waals surface area contributed by atoms with E-state index < -0.39 is 31.9 Å². The molecule has 0 fully saturated rings. The minimum absolute atomic E-state index is 0. The predicted molar refractivity (Wildman–Crippen MR) is 241 cm³/mol. The van der Waals surface area contributed by atoms with Crippen molar-refractivity contribution in [3.63, 3.8) is 0 Å². The van der Waals surface area contributed by atoms with Crippen molar-refractivity contribution in [3.05, 3.63) is 162 Å². The third-order valence-electron chi connectivity index (χ3n) is 10.0. The van der Waals surface area contributed by atoms with Gasteiger partial charge in [-0.05, 0) is 56.8 Å². The van der Waals surface area contributed by atoms with E-state index in [1.54, 1.807) is 31.3 Å². The second kappa shape index (κ2) is 17.5. The van der Waals surface area contributed by atoms with Gasteiger partial charge in [-0.2, -0.15) is 11.3 Å². The van der Waals surface area contributed by atoms with Crippen LogP contribution in [-0.2, 0) is 20.1 Å². The Labute approximate surface area is 361 Å². The molecular weight excluding hydrogens is 937 g/mol. The number of aromatic nitrogens is 2. The van der Waals surface area contributed by atoms with Crippen molar-refractivity contribution in [1.29, 1.82) is 0 Å². The second-order valence-corrected chi connectivity index (χ2v) is 27.2. The molecule has 0 unspecified atom stereocenters. The van der Waals surface area contributed by atoms with E-state index in [4.69, 9.17) is 11.8 Å². The van der Waals surface area contributed by atoms with Crippen molar-refractivity contribution >= 4 is 49.2 Å². The van der Waals surface area contributed by atoms with Gasteiger partial charge in [0.15, 0.2) is 0 Å². The maximum Gasteiger partial charge on any atom is 0.0346 e. The van der Waals surface area contributed by atoms with Crippen LogP contribution in [0, 0.1) is 25.9 Å². The molecule has 0 amide bonds. The number of hydrogen-bond donors (Lipinski definition) is 0. The van der Waals surface area contributed by atoms with Crippen LogP contribution in [0.4, 0.5) is 0 Å². The van der Waals surface area contributed by atoms with Gasteiger partial charge in [-0.25, -0.2) is 0 Å². The van der Waals surface area contributed by atoms with E-state index in [9.17, 15) is 0 Å². The van der Waals surface area contributed by atoms with E-state index in [1.165, 1.54) is 37.4 Å². The zero-order valence-electron chi connectivity index (χ0n) is 38.3. The molecule has 5 aromatic carbocycles. The van der Waals surface area contributed by atoms with Crippen LogP contribution in [0.3, 0.4) is 0 Å². The molecule has 56 heavy (non-hydrogen) atoms. The second-order valence-electron chi connectivity index (χ2n) is 15.6. The van der Waals surface area contributed by atoms with Crippen molar-refractivity contribution < 1.29 is 27.0 Å². The molecule has 3 heterocycles. The monoisotopic (exact) mass is 994 g/mol. The fraction of sp³-hybridized carbons (Fsp3) is 0.216. The van der Waals surface area contributed by atoms with Gasteiger partial charge in [-0.1, -0.05) is 67.8 Å². The molecule has 8 rings (SSSR count).